The summed E-state index contributed by atoms with van der Waals surface area (Å²) in [7, 11) is 1.94. The Kier molecular flexibility index (Phi) is 7.08. The Morgan fingerprint density at radius 3 is 2.45 bits per heavy atom. The van der Waals surface area contributed by atoms with Gasteiger partial charge in [-0.3, -0.25) is 14.5 Å². The maximum atomic E-state index is 13.5. The molecule has 1 aromatic carbocycles. The first-order valence-electron chi connectivity index (χ1n) is 9.82. The molecule has 33 heavy (non-hydrogen) atoms. The summed E-state index contributed by atoms with van der Waals surface area (Å²) in [5.74, 6) is -3.25. The van der Waals surface area contributed by atoms with Gasteiger partial charge >= 0.3 is 12.1 Å². The molecule has 2 fully saturated rings. The third-order valence-electron chi connectivity index (χ3n) is 5.69. The van der Waals surface area contributed by atoms with Crippen molar-refractivity contribution in [2.45, 2.75) is 18.1 Å². The first-order chi connectivity index (χ1) is 15.4. The van der Waals surface area contributed by atoms with Gasteiger partial charge in [-0.05, 0) is 43.1 Å². The molecule has 2 saturated heterocycles. The van der Waals surface area contributed by atoms with Crippen LogP contribution in [0.5, 0.6) is 0 Å². The van der Waals surface area contributed by atoms with Gasteiger partial charge in [-0.15, -0.1) is 0 Å². The Hall–Kier alpha value is -2.99. The summed E-state index contributed by atoms with van der Waals surface area (Å²) in [6.45, 7) is 2.03. The van der Waals surface area contributed by atoms with E-state index in [0.29, 0.717) is 31.7 Å². The SMILES string of the molecule is CN1CC(=O)N(c2ccsc2)CC12CCN(C(=O)c1cccc(F)c1)C2.O=C(O)C(F)(F)F. The number of halogens is 4. The fraction of sp³-hybridized carbons (Fsp3) is 0.381. The van der Waals surface area contributed by atoms with Crippen LogP contribution >= 0.6 is 11.3 Å². The minimum atomic E-state index is -5.08. The maximum Gasteiger partial charge on any atom is 0.490 e. The van der Waals surface area contributed by atoms with Gasteiger partial charge in [0.25, 0.3) is 5.91 Å². The molecule has 1 spiro atoms. The number of thiophene rings is 1. The Bertz CT molecular complexity index is 1030. The molecule has 1 N–H and O–H groups in total. The highest BCUT2D eigenvalue weighted by atomic mass is 32.1. The second-order valence-electron chi connectivity index (χ2n) is 7.83. The first-order valence-corrected chi connectivity index (χ1v) is 10.8. The number of carboxylic acid groups (broad SMARTS) is 1. The first kappa shape index (κ1) is 24.6. The molecule has 2 aliphatic rings. The molecule has 2 amide bonds. The third kappa shape index (κ3) is 5.50. The second-order valence-corrected chi connectivity index (χ2v) is 8.61. The number of alkyl halides is 3. The lowest BCUT2D eigenvalue weighted by Crippen LogP contribution is -2.64. The number of likely N-dealkylation sites (tertiary alicyclic amines) is 1. The van der Waals surface area contributed by atoms with Crippen molar-refractivity contribution in [3.05, 3.63) is 52.5 Å². The van der Waals surface area contributed by atoms with Crippen LogP contribution in [0.1, 0.15) is 16.8 Å². The van der Waals surface area contributed by atoms with E-state index in [4.69, 9.17) is 9.90 Å². The number of carbonyl (C=O) groups is 3. The van der Waals surface area contributed by atoms with Crippen molar-refractivity contribution in [3.8, 4) is 0 Å². The normalized spacial score (nSPS) is 21.2. The Morgan fingerprint density at radius 2 is 1.88 bits per heavy atom. The number of anilines is 1. The molecule has 1 unspecified atom stereocenters. The molecule has 7 nitrogen and oxygen atoms in total. The smallest absolute Gasteiger partial charge is 0.475 e. The van der Waals surface area contributed by atoms with Gasteiger partial charge in [0.05, 0.1) is 17.8 Å². The summed E-state index contributed by atoms with van der Waals surface area (Å²) in [4.78, 5) is 39.8. The minimum absolute atomic E-state index is 0.0754. The van der Waals surface area contributed by atoms with E-state index in [9.17, 15) is 27.2 Å². The van der Waals surface area contributed by atoms with Crippen molar-refractivity contribution in [1.29, 1.82) is 0 Å². The zero-order valence-electron chi connectivity index (χ0n) is 17.5. The number of piperazine rings is 1. The van der Waals surface area contributed by atoms with Gasteiger partial charge in [0.15, 0.2) is 0 Å². The Labute approximate surface area is 190 Å². The largest absolute Gasteiger partial charge is 0.490 e. The fourth-order valence-electron chi connectivity index (χ4n) is 3.88. The standard InChI is InChI=1S/C19H20FN3O2S.C2HF3O2/c1-21-10-17(24)23(16-5-8-26-11-16)13-19(21)6-7-22(12-19)18(25)14-3-2-4-15(20)9-14;3-2(4,5)1(6)7/h2-5,8-9,11H,6-7,10,12-13H2,1H3;(H,6,7). The molecule has 0 bridgehead atoms. The lowest BCUT2D eigenvalue weighted by atomic mass is 9.93. The Balaban J connectivity index is 0.000000383. The average molecular weight is 487 g/mol. The van der Waals surface area contributed by atoms with Crippen LogP contribution < -0.4 is 4.90 Å². The molecule has 2 aromatic rings. The van der Waals surface area contributed by atoms with Gasteiger partial charge in [0.2, 0.25) is 5.91 Å². The van der Waals surface area contributed by atoms with Crippen molar-refractivity contribution in [3.63, 3.8) is 0 Å². The topological polar surface area (TPSA) is 81.2 Å². The summed E-state index contributed by atoms with van der Waals surface area (Å²) in [5, 5.41) is 11.1. The average Bonchev–Trinajstić information content (AvgIpc) is 3.41. The second kappa shape index (κ2) is 9.48. The number of nitrogens with zero attached hydrogens (tertiary/aromatic N) is 3. The molecule has 0 radical (unpaired) electrons. The highest BCUT2D eigenvalue weighted by Crippen LogP contribution is 2.34. The molecule has 12 heteroatoms. The van der Waals surface area contributed by atoms with E-state index in [-0.39, 0.29) is 17.4 Å². The van der Waals surface area contributed by atoms with Crippen LogP contribution in [0.2, 0.25) is 0 Å². The van der Waals surface area contributed by atoms with E-state index in [0.717, 1.165) is 12.1 Å². The molecular formula is C21H21F4N3O4S. The van der Waals surface area contributed by atoms with Crippen LogP contribution in [-0.4, -0.2) is 77.6 Å². The van der Waals surface area contributed by atoms with E-state index >= 15 is 0 Å². The Morgan fingerprint density at radius 1 is 1.18 bits per heavy atom. The molecule has 1 atom stereocenters. The maximum absolute atomic E-state index is 13.5. The number of amides is 2. The molecule has 0 aliphatic carbocycles. The van der Waals surface area contributed by atoms with Gasteiger partial charge in [-0.2, -0.15) is 24.5 Å². The van der Waals surface area contributed by atoms with Crippen LogP contribution in [0.4, 0.5) is 23.2 Å². The highest BCUT2D eigenvalue weighted by molar-refractivity contribution is 7.08. The van der Waals surface area contributed by atoms with E-state index in [1.54, 1.807) is 28.4 Å². The zero-order chi connectivity index (χ0) is 24.4. The van der Waals surface area contributed by atoms with Crippen LogP contribution in [0, 0.1) is 5.82 Å². The quantitative estimate of drug-likeness (QED) is 0.659. The van der Waals surface area contributed by atoms with E-state index in [1.807, 2.05) is 28.8 Å². The number of carbonyl (C=O) groups excluding carboxylic acids is 2. The third-order valence-corrected chi connectivity index (χ3v) is 6.36. The fourth-order valence-corrected chi connectivity index (χ4v) is 4.52. The van der Waals surface area contributed by atoms with Crippen molar-refractivity contribution in [1.82, 2.24) is 9.80 Å². The molecule has 2 aliphatic heterocycles. The van der Waals surface area contributed by atoms with Crippen molar-refractivity contribution >= 4 is 34.8 Å². The minimum Gasteiger partial charge on any atom is -0.475 e. The molecule has 178 valence electrons. The van der Waals surface area contributed by atoms with Gasteiger partial charge in [0, 0.05) is 30.6 Å². The summed E-state index contributed by atoms with van der Waals surface area (Å²) in [6.07, 6.45) is -4.29. The summed E-state index contributed by atoms with van der Waals surface area (Å²) >= 11 is 1.56. The highest BCUT2D eigenvalue weighted by Gasteiger charge is 2.48. The number of carboxylic acids is 1. The van der Waals surface area contributed by atoms with Gasteiger partial charge in [-0.25, -0.2) is 9.18 Å². The predicted molar refractivity (Wildman–Crippen MR) is 113 cm³/mol. The van der Waals surface area contributed by atoms with Crippen molar-refractivity contribution in [2.75, 3.05) is 38.1 Å². The van der Waals surface area contributed by atoms with E-state index in [2.05, 4.69) is 4.90 Å². The number of hydrogen-bond donors (Lipinski definition) is 1. The van der Waals surface area contributed by atoms with Crippen LogP contribution in [0.15, 0.2) is 41.1 Å². The number of hydrogen-bond acceptors (Lipinski definition) is 5. The molecule has 1 aromatic heterocycles. The number of benzene rings is 1. The number of likely N-dealkylation sites (N-methyl/N-ethyl adjacent to an activating group) is 1. The van der Waals surface area contributed by atoms with Crippen molar-refractivity contribution < 1.29 is 37.1 Å². The molecule has 3 heterocycles. The van der Waals surface area contributed by atoms with Crippen molar-refractivity contribution in [2.24, 2.45) is 0 Å². The molecule has 4 rings (SSSR count). The van der Waals surface area contributed by atoms with Crippen LogP contribution in [0.25, 0.3) is 0 Å². The lowest BCUT2D eigenvalue weighted by Gasteiger charge is -2.46. The predicted octanol–water partition coefficient (Wildman–Crippen LogP) is 3.08. The molecule has 0 saturated carbocycles. The monoisotopic (exact) mass is 487 g/mol. The van der Waals surface area contributed by atoms with Gasteiger partial charge in [-0.1, -0.05) is 6.07 Å². The summed E-state index contributed by atoms with van der Waals surface area (Å²) in [6, 6.07) is 7.76. The van der Waals surface area contributed by atoms with Crippen LogP contribution in [-0.2, 0) is 9.59 Å². The molecular weight excluding hydrogens is 466 g/mol. The number of rotatable bonds is 2. The zero-order valence-corrected chi connectivity index (χ0v) is 18.3. The number of aliphatic carboxylic acids is 1. The summed E-state index contributed by atoms with van der Waals surface area (Å²) in [5.41, 5.74) is 1.02. The van der Waals surface area contributed by atoms with Gasteiger partial charge in [0.1, 0.15) is 5.82 Å². The van der Waals surface area contributed by atoms with Crippen LogP contribution in [0.3, 0.4) is 0 Å². The summed E-state index contributed by atoms with van der Waals surface area (Å²) < 4.78 is 45.2. The van der Waals surface area contributed by atoms with Gasteiger partial charge < -0.3 is 14.9 Å². The van der Waals surface area contributed by atoms with E-state index < -0.39 is 18.0 Å². The van der Waals surface area contributed by atoms with E-state index in [1.165, 1.54) is 12.1 Å². The lowest BCUT2D eigenvalue weighted by molar-refractivity contribution is -0.192.